The number of rotatable bonds is 3. The fraction of sp³-hybridized carbons (Fsp3) is 0.235. The zero-order chi connectivity index (χ0) is 14.1. The summed E-state index contributed by atoms with van der Waals surface area (Å²) in [5.74, 6) is 0. The largest absolute Gasteiger partial charge is 0.326 e. The molecular weight excluding hydrogens is 282 g/mol. The summed E-state index contributed by atoms with van der Waals surface area (Å²) in [5.41, 5.74) is 9.38. The molecular formula is C17H20ClN3. The van der Waals surface area contributed by atoms with Gasteiger partial charge < -0.3 is 5.73 Å². The van der Waals surface area contributed by atoms with Crippen LogP contribution in [0.2, 0.25) is 0 Å². The van der Waals surface area contributed by atoms with Gasteiger partial charge in [-0.3, -0.25) is 4.68 Å². The van der Waals surface area contributed by atoms with Crippen LogP contribution in [0.25, 0.3) is 21.9 Å². The lowest BCUT2D eigenvalue weighted by Gasteiger charge is -2.09. The van der Waals surface area contributed by atoms with Crippen LogP contribution in [0.5, 0.6) is 0 Å². The highest BCUT2D eigenvalue weighted by Crippen LogP contribution is 2.30. The predicted molar refractivity (Wildman–Crippen MR) is 90.7 cm³/mol. The van der Waals surface area contributed by atoms with E-state index in [2.05, 4.69) is 61.5 Å². The summed E-state index contributed by atoms with van der Waals surface area (Å²) in [6.07, 6.45) is 4.04. The van der Waals surface area contributed by atoms with Gasteiger partial charge in [-0.2, -0.15) is 5.10 Å². The van der Waals surface area contributed by atoms with Crippen molar-refractivity contribution in [3.05, 3.63) is 54.4 Å². The van der Waals surface area contributed by atoms with E-state index < -0.39 is 0 Å². The van der Waals surface area contributed by atoms with Crippen molar-refractivity contribution < 1.29 is 0 Å². The van der Waals surface area contributed by atoms with E-state index in [0.29, 0.717) is 12.6 Å². The standard InChI is InChI=1S/C17H19N3.ClH/c1-12(2)20-11-14(10-19-20)16-8-7-13(9-18)15-5-3-4-6-17(15)16;/h3-8,10-12H,9,18H2,1-2H3;1H. The number of nitrogens with zero attached hydrogens (tertiary/aromatic N) is 2. The van der Waals surface area contributed by atoms with E-state index in [1.807, 2.05) is 10.9 Å². The number of nitrogens with two attached hydrogens (primary N) is 1. The molecule has 21 heavy (non-hydrogen) atoms. The normalized spacial score (nSPS) is 10.9. The van der Waals surface area contributed by atoms with E-state index in [9.17, 15) is 0 Å². The second kappa shape index (κ2) is 6.29. The van der Waals surface area contributed by atoms with E-state index in [-0.39, 0.29) is 12.4 Å². The number of halogens is 1. The summed E-state index contributed by atoms with van der Waals surface area (Å²) in [4.78, 5) is 0. The lowest BCUT2D eigenvalue weighted by atomic mass is 9.96. The van der Waals surface area contributed by atoms with Gasteiger partial charge in [-0.15, -0.1) is 12.4 Å². The number of hydrogen-bond acceptors (Lipinski definition) is 2. The highest BCUT2D eigenvalue weighted by Gasteiger charge is 2.09. The van der Waals surface area contributed by atoms with Crippen molar-refractivity contribution in [2.45, 2.75) is 26.4 Å². The van der Waals surface area contributed by atoms with Gasteiger partial charge in [-0.05, 0) is 35.7 Å². The summed E-state index contributed by atoms with van der Waals surface area (Å²) >= 11 is 0. The summed E-state index contributed by atoms with van der Waals surface area (Å²) in [5, 5.41) is 6.90. The molecule has 3 nitrogen and oxygen atoms in total. The first-order chi connectivity index (χ1) is 9.70. The van der Waals surface area contributed by atoms with Gasteiger partial charge in [0.1, 0.15) is 0 Å². The third-order valence-corrected chi connectivity index (χ3v) is 3.68. The van der Waals surface area contributed by atoms with Crippen LogP contribution in [0.15, 0.2) is 48.8 Å². The molecule has 0 saturated heterocycles. The Morgan fingerprint density at radius 1 is 1.10 bits per heavy atom. The molecule has 2 aromatic carbocycles. The molecule has 3 rings (SSSR count). The minimum atomic E-state index is 0. The Morgan fingerprint density at radius 3 is 2.43 bits per heavy atom. The molecule has 0 radical (unpaired) electrons. The van der Waals surface area contributed by atoms with Crippen molar-refractivity contribution in [1.29, 1.82) is 0 Å². The monoisotopic (exact) mass is 301 g/mol. The van der Waals surface area contributed by atoms with Gasteiger partial charge >= 0.3 is 0 Å². The van der Waals surface area contributed by atoms with E-state index in [1.54, 1.807) is 0 Å². The maximum absolute atomic E-state index is 5.83. The van der Waals surface area contributed by atoms with E-state index >= 15 is 0 Å². The minimum absolute atomic E-state index is 0. The van der Waals surface area contributed by atoms with Gasteiger partial charge in [0.05, 0.1) is 6.20 Å². The van der Waals surface area contributed by atoms with Crippen LogP contribution in [-0.2, 0) is 6.54 Å². The molecule has 0 aliphatic carbocycles. The summed E-state index contributed by atoms with van der Waals surface area (Å²) < 4.78 is 1.99. The first kappa shape index (κ1) is 15.5. The van der Waals surface area contributed by atoms with Crippen LogP contribution in [-0.4, -0.2) is 9.78 Å². The Morgan fingerprint density at radius 2 is 1.81 bits per heavy atom. The molecule has 2 N–H and O–H groups in total. The number of fused-ring (bicyclic) bond motifs is 1. The smallest absolute Gasteiger partial charge is 0.0568 e. The summed E-state index contributed by atoms with van der Waals surface area (Å²) in [6.45, 7) is 4.82. The number of aromatic nitrogens is 2. The van der Waals surface area contributed by atoms with Crippen molar-refractivity contribution in [3.8, 4) is 11.1 Å². The molecule has 1 heterocycles. The number of benzene rings is 2. The predicted octanol–water partition coefficient (Wildman–Crippen LogP) is 4.16. The Balaban J connectivity index is 0.00000161. The van der Waals surface area contributed by atoms with Gasteiger partial charge in [0, 0.05) is 24.3 Å². The summed E-state index contributed by atoms with van der Waals surface area (Å²) in [6, 6.07) is 13.0. The average Bonchev–Trinajstić information content (AvgIpc) is 2.96. The van der Waals surface area contributed by atoms with Crippen LogP contribution >= 0.6 is 12.4 Å². The van der Waals surface area contributed by atoms with Crippen molar-refractivity contribution >= 4 is 23.2 Å². The van der Waals surface area contributed by atoms with Crippen molar-refractivity contribution in [1.82, 2.24) is 9.78 Å². The SMILES string of the molecule is CC(C)n1cc(-c2ccc(CN)c3ccccc23)cn1.Cl. The Bertz CT molecular complexity index is 747. The fourth-order valence-corrected chi connectivity index (χ4v) is 2.55. The van der Waals surface area contributed by atoms with Crippen LogP contribution in [0.1, 0.15) is 25.5 Å². The third kappa shape index (κ3) is 2.80. The fourth-order valence-electron chi connectivity index (χ4n) is 2.55. The molecule has 0 bridgehead atoms. The molecule has 0 saturated carbocycles. The second-order valence-electron chi connectivity index (χ2n) is 5.32. The van der Waals surface area contributed by atoms with Crippen LogP contribution in [0.3, 0.4) is 0 Å². The van der Waals surface area contributed by atoms with E-state index in [4.69, 9.17) is 5.73 Å². The Kier molecular flexibility index (Phi) is 4.66. The van der Waals surface area contributed by atoms with E-state index in [0.717, 1.165) is 5.56 Å². The maximum atomic E-state index is 5.83. The quantitative estimate of drug-likeness (QED) is 0.789. The first-order valence-electron chi connectivity index (χ1n) is 6.96. The number of hydrogen-bond donors (Lipinski definition) is 1. The Hall–Kier alpha value is -1.84. The second-order valence-corrected chi connectivity index (χ2v) is 5.32. The van der Waals surface area contributed by atoms with Crippen molar-refractivity contribution in [2.75, 3.05) is 0 Å². The van der Waals surface area contributed by atoms with Gasteiger partial charge in [0.25, 0.3) is 0 Å². The zero-order valence-electron chi connectivity index (χ0n) is 12.3. The van der Waals surface area contributed by atoms with Crippen LogP contribution < -0.4 is 5.73 Å². The van der Waals surface area contributed by atoms with Gasteiger partial charge in [0.15, 0.2) is 0 Å². The average molecular weight is 302 g/mol. The van der Waals surface area contributed by atoms with E-state index in [1.165, 1.54) is 21.9 Å². The van der Waals surface area contributed by atoms with Gasteiger partial charge in [-0.25, -0.2) is 0 Å². The first-order valence-corrected chi connectivity index (χ1v) is 6.96. The van der Waals surface area contributed by atoms with Gasteiger partial charge in [-0.1, -0.05) is 36.4 Å². The molecule has 0 unspecified atom stereocenters. The minimum Gasteiger partial charge on any atom is -0.326 e. The highest BCUT2D eigenvalue weighted by atomic mass is 35.5. The van der Waals surface area contributed by atoms with Crippen LogP contribution in [0, 0.1) is 0 Å². The van der Waals surface area contributed by atoms with Gasteiger partial charge in [0.2, 0.25) is 0 Å². The zero-order valence-corrected chi connectivity index (χ0v) is 13.1. The van der Waals surface area contributed by atoms with Crippen molar-refractivity contribution in [3.63, 3.8) is 0 Å². The molecule has 110 valence electrons. The molecule has 0 aliphatic rings. The lowest BCUT2D eigenvalue weighted by Crippen LogP contribution is -1.99. The van der Waals surface area contributed by atoms with Crippen LogP contribution in [0.4, 0.5) is 0 Å². The third-order valence-electron chi connectivity index (χ3n) is 3.68. The molecule has 0 spiro atoms. The molecule has 0 fully saturated rings. The molecule has 0 aliphatic heterocycles. The highest BCUT2D eigenvalue weighted by molar-refractivity contribution is 5.98. The summed E-state index contributed by atoms with van der Waals surface area (Å²) in [7, 11) is 0. The molecule has 4 heteroatoms. The topological polar surface area (TPSA) is 43.8 Å². The molecule has 3 aromatic rings. The molecule has 1 aromatic heterocycles. The molecule has 0 atom stereocenters. The lowest BCUT2D eigenvalue weighted by molar-refractivity contribution is 0.532. The van der Waals surface area contributed by atoms with Crippen molar-refractivity contribution in [2.24, 2.45) is 5.73 Å². The Labute approximate surface area is 131 Å². The molecule has 0 amide bonds. The maximum Gasteiger partial charge on any atom is 0.0568 e.